The molecule has 3 N–H and O–H groups in total. The van der Waals surface area contributed by atoms with Gasteiger partial charge in [-0.25, -0.2) is 9.78 Å². The van der Waals surface area contributed by atoms with Crippen LogP contribution in [0.25, 0.3) is 22.3 Å². The maximum Gasteiger partial charge on any atom is 0.337 e. The number of nitrogens with two attached hydrogens (primary N) is 1. The van der Waals surface area contributed by atoms with Gasteiger partial charge in [0.2, 0.25) is 0 Å². The number of nitrogens with zero attached hydrogens (tertiary/aromatic N) is 2. The number of carboxylic acids is 1. The third-order valence-corrected chi connectivity index (χ3v) is 9.28. The summed E-state index contributed by atoms with van der Waals surface area (Å²) >= 11 is 6.56. The van der Waals surface area contributed by atoms with E-state index in [-0.39, 0.29) is 0 Å². The number of rotatable bonds is 7. The molecule has 0 spiro atoms. The van der Waals surface area contributed by atoms with Crippen molar-refractivity contribution in [3.05, 3.63) is 98.7 Å². The number of aromatic nitrogens is 1. The van der Waals surface area contributed by atoms with Gasteiger partial charge in [0.25, 0.3) is 0 Å². The Labute approximate surface area is 276 Å². The van der Waals surface area contributed by atoms with Gasteiger partial charge in [-0.15, -0.1) is 0 Å². The van der Waals surface area contributed by atoms with Crippen LogP contribution in [0.2, 0.25) is 5.02 Å². The van der Waals surface area contributed by atoms with Gasteiger partial charge < -0.3 is 20.3 Å². The minimum Gasteiger partial charge on any atom is -0.493 e. The van der Waals surface area contributed by atoms with Crippen molar-refractivity contribution in [3.63, 3.8) is 0 Å². The lowest BCUT2D eigenvalue weighted by atomic mass is 9.85. The molecule has 240 valence electrons. The first-order valence-corrected chi connectivity index (χ1v) is 16.3. The molecule has 0 saturated heterocycles. The van der Waals surface area contributed by atoms with Crippen LogP contribution in [-0.2, 0) is 35.5 Å². The monoisotopic (exact) mass is 639 g/mol. The molecule has 0 unspecified atom stereocenters. The molecule has 3 aromatic carbocycles. The molecule has 2 aliphatic rings. The van der Waals surface area contributed by atoms with Crippen LogP contribution in [0, 0.1) is 13.8 Å². The molecule has 0 aliphatic carbocycles. The summed E-state index contributed by atoms with van der Waals surface area (Å²) in [6, 6.07) is 18.6. The van der Waals surface area contributed by atoms with Crippen LogP contribution in [0.15, 0.2) is 54.6 Å². The Morgan fingerprint density at radius 2 is 1.78 bits per heavy atom. The lowest BCUT2D eigenvalue weighted by Crippen LogP contribution is -2.30. The number of ether oxygens (including phenoxy) is 2. The molecular formula is C38H42ClN3O4. The number of halogens is 1. The van der Waals surface area contributed by atoms with E-state index in [2.05, 4.69) is 42.2 Å². The first-order chi connectivity index (χ1) is 21.9. The minimum absolute atomic E-state index is 0.358. The van der Waals surface area contributed by atoms with Gasteiger partial charge in [0.15, 0.2) is 6.10 Å². The van der Waals surface area contributed by atoms with Gasteiger partial charge in [-0.05, 0) is 111 Å². The number of aliphatic carboxylic acids is 1. The summed E-state index contributed by atoms with van der Waals surface area (Å²) in [6.07, 6.45) is 1.44. The molecule has 2 aliphatic heterocycles. The van der Waals surface area contributed by atoms with E-state index in [4.69, 9.17) is 31.8 Å². The summed E-state index contributed by atoms with van der Waals surface area (Å²) in [5, 5.41) is 11.3. The summed E-state index contributed by atoms with van der Waals surface area (Å²) < 4.78 is 12.1. The van der Waals surface area contributed by atoms with Crippen molar-refractivity contribution in [1.82, 2.24) is 9.88 Å². The van der Waals surface area contributed by atoms with Crippen molar-refractivity contribution in [2.24, 2.45) is 0 Å². The summed E-state index contributed by atoms with van der Waals surface area (Å²) in [7, 11) is 0. The maximum absolute atomic E-state index is 12.9. The number of carboxylic acid groups (broad SMARTS) is 1. The Bertz CT molecular complexity index is 1790. The maximum atomic E-state index is 12.9. The average molecular weight is 640 g/mol. The van der Waals surface area contributed by atoms with Crippen molar-refractivity contribution >= 4 is 23.4 Å². The van der Waals surface area contributed by atoms with Crippen LogP contribution in [-0.4, -0.2) is 39.7 Å². The number of hydrogen-bond donors (Lipinski definition) is 2. The second kappa shape index (κ2) is 12.7. The van der Waals surface area contributed by atoms with Gasteiger partial charge in [0.1, 0.15) is 11.6 Å². The highest BCUT2D eigenvalue weighted by molar-refractivity contribution is 6.31. The largest absolute Gasteiger partial charge is 0.493 e. The molecule has 6 rings (SSSR count). The topological polar surface area (TPSA) is 97.9 Å². The van der Waals surface area contributed by atoms with E-state index in [0.717, 1.165) is 77.5 Å². The lowest BCUT2D eigenvalue weighted by Gasteiger charge is -2.31. The number of carbonyl (C=O) groups is 1. The van der Waals surface area contributed by atoms with Crippen LogP contribution < -0.4 is 10.5 Å². The fourth-order valence-electron chi connectivity index (χ4n) is 6.75. The fraction of sp³-hybridized carbons (Fsp3) is 0.368. The highest BCUT2D eigenvalue weighted by atomic mass is 35.5. The van der Waals surface area contributed by atoms with Gasteiger partial charge in [-0.2, -0.15) is 0 Å². The molecule has 3 heterocycles. The minimum atomic E-state index is -1.24. The van der Waals surface area contributed by atoms with Crippen molar-refractivity contribution in [3.8, 4) is 28.0 Å². The summed E-state index contributed by atoms with van der Waals surface area (Å²) in [5.41, 5.74) is 16.3. The molecule has 0 radical (unpaired) electrons. The Hall–Kier alpha value is -3.91. The highest BCUT2D eigenvalue weighted by Gasteiger charge is 2.34. The molecule has 0 saturated carbocycles. The molecule has 0 fully saturated rings. The first-order valence-electron chi connectivity index (χ1n) is 15.9. The third kappa shape index (κ3) is 6.50. The Balaban J connectivity index is 1.47. The summed E-state index contributed by atoms with van der Waals surface area (Å²) in [5.74, 6) is 0.150. The molecule has 7 nitrogen and oxygen atoms in total. The van der Waals surface area contributed by atoms with Crippen LogP contribution in [0.5, 0.6) is 5.75 Å². The summed E-state index contributed by atoms with van der Waals surface area (Å²) in [6.45, 7) is 12.7. The number of anilines is 1. The Morgan fingerprint density at radius 3 is 2.52 bits per heavy atom. The van der Waals surface area contributed by atoms with E-state index < -0.39 is 17.7 Å². The third-order valence-electron chi connectivity index (χ3n) is 8.93. The number of nitrogen functional groups attached to an aromatic ring is 1. The highest BCUT2D eigenvalue weighted by Crippen LogP contribution is 2.45. The van der Waals surface area contributed by atoms with Gasteiger partial charge >= 0.3 is 5.97 Å². The fourth-order valence-corrected chi connectivity index (χ4v) is 7.03. The standard InChI is InChI=1S/C38H42ClN3O4/c1-22-8-6-10-30(39)29(22)21-42-16-15-24-18-27(11-12-28(24)20-42)34-33(26-13-14-31-25(19-26)9-7-17-45-31)32(23(2)41-36(34)40)35(37(43)44)46-38(3,4)5/h6,8,10-14,18-19,35H,7,9,15-17,20-21H2,1-5H3,(H2,40,41)(H,43,44)/t35-/m0/s1. The lowest BCUT2D eigenvalue weighted by molar-refractivity contribution is -0.160. The number of benzene rings is 3. The average Bonchev–Trinajstić information content (AvgIpc) is 3.00. The van der Waals surface area contributed by atoms with E-state index >= 15 is 0 Å². The van der Waals surface area contributed by atoms with E-state index in [0.29, 0.717) is 23.7 Å². The number of hydrogen-bond acceptors (Lipinski definition) is 6. The van der Waals surface area contributed by atoms with E-state index in [9.17, 15) is 9.90 Å². The number of fused-ring (bicyclic) bond motifs is 2. The van der Waals surface area contributed by atoms with Crippen molar-refractivity contribution < 1.29 is 19.4 Å². The Morgan fingerprint density at radius 1 is 1.04 bits per heavy atom. The van der Waals surface area contributed by atoms with Gasteiger partial charge in [-0.3, -0.25) is 4.90 Å². The summed E-state index contributed by atoms with van der Waals surface area (Å²) in [4.78, 5) is 20.0. The number of aryl methyl sites for hydroxylation is 3. The van der Waals surface area contributed by atoms with Gasteiger partial charge in [-0.1, -0.05) is 48.0 Å². The second-order valence-electron chi connectivity index (χ2n) is 13.4. The zero-order valence-corrected chi connectivity index (χ0v) is 28.0. The van der Waals surface area contributed by atoms with Crippen LogP contribution in [0.3, 0.4) is 0 Å². The predicted octanol–water partition coefficient (Wildman–Crippen LogP) is 8.09. The van der Waals surface area contributed by atoms with Crippen molar-refractivity contribution in [1.29, 1.82) is 0 Å². The van der Waals surface area contributed by atoms with Crippen LogP contribution in [0.1, 0.15) is 72.4 Å². The van der Waals surface area contributed by atoms with Gasteiger partial charge in [0, 0.05) is 47.0 Å². The zero-order valence-electron chi connectivity index (χ0n) is 27.2. The normalized spacial score (nSPS) is 15.5. The smallest absolute Gasteiger partial charge is 0.337 e. The molecule has 1 aromatic heterocycles. The molecule has 0 amide bonds. The molecule has 8 heteroatoms. The van der Waals surface area contributed by atoms with Crippen LogP contribution >= 0.6 is 11.6 Å². The molecule has 0 bridgehead atoms. The van der Waals surface area contributed by atoms with Crippen LogP contribution in [0.4, 0.5) is 5.82 Å². The molecule has 46 heavy (non-hydrogen) atoms. The van der Waals surface area contributed by atoms with E-state index in [1.807, 2.05) is 52.0 Å². The Kier molecular flexibility index (Phi) is 8.85. The quantitative estimate of drug-likeness (QED) is 0.211. The van der Waals surface area contributed by atoms with Crippen molar-refractivity contribution in [2.45, 2.75) is 78.7 Å². The number of pyridine rings is 1. The molecular weight excluding hydrogens is 598 g/mol. The van der Waals surface area contributed by atoms with E-state index in [1.54, 1.807) is 0 Å². The SMILES string of the molecule is Cc1cccc(Cl)c1CN1CCc2cc(-c3c(N)nc(C)c([C@H](OC(C)(C)C)C(=O)O)c3-c3ccc4c(c3)CCCO4)ccc2C1. The zero-order chi connectivity index (χ0) is 32.7. The molecule has 1 atom stereocenters. The van der Waals surface area contributed by atoms with Crippen molar-refractivity contribution in [2.75, 3.05) is 18.9 Å². The van der Waals surface area contributed by atoms with E-state index in [1.165, 1.54) is 22.3 Å². The predicted molar refractivity (Wildman–Crippen MR) is 183 cm³/mol. The molecule has 4 aromatic rings. The van der Waals surface area contributed by atoms with Gasteiger partial charge in [0.05, 0.1) is 12.2 Å². The second-order valence-corrected chi connectivity index (χ2v) is 13.9. The first kappa shape index (κ1) is 32.0.